The minimum Gasteiger partial charge on any atom is -0.458 e. The zero-order chi connectivity index (χ0) is 21.8. The van der Waals surface area contributed by atoms with E-state index in [-0.39, 0.29) is 18.5 Å². The largest absolute Gasteiger partial charge is 0.458 e. The molecule has 1 fully saturated rings. The number of esters is 1. The molecule has 0 spiro atoms. The molecule has 0 saturated carbocycles. The van der Waals surface area contributed by atoms with E-state index in [0.717, 1.165) is 0 Å². The Morgan fingerprint density at radius 3 is 2.28 bits per heavy atom. The first kappa shape index (κ1) is 22.6. The smallest absolute Gasteiger partial charge is 0.408 e. The third kappa shape index (κ3) is 6.73. The molecule has 2 atom stereocenters. The molecule has 1 N–H and O–H groups in total. The Labute approximate surface area is 172 Å². The molecule has 1 saturated heterocycles. The Morgan fingerprint density at radius 2 is 1.72 bits per heavy atom. The highest BCUT2D eigenvalue weighted by atomic mass is 16.6. The number of carbonyl (C=O) groups excluding carboxylic acids is 3. The van der Waals surface area contributed by atoms with Crippen molar-refractivity contribution >= 4 is 18.0 Å². The van der Waals surface area contributed by atoms with E-state index < -0.39 is 29.3 Å². The lowest BCUT2D eigenvalue weighted by molar-refractivity contribution is -0.164. The fourth-order valence-electron chi connectivity index (χ4n) is 3.18. The normalized spacial score (nSPS) is 19.6. The summed E-state index contributed by atoms with van der Waals surface area (Å²) in [6.07, 6.45) is 2.01. The van der Waals surface area contributed by atoms with Crippen molar-refractivity contribution in [2.24, 2.45) is 0 Å². The van der Waals surface area contributed by atoms with E-state index in [0.29, 0.717) is 18.5 Å². The van der Waals surface area contributed by atoms with Gasteiger partial charge >= 0.3 is 12.1 Å². The van der Waals surface area contributed by atoms with Gasteiger partial charge in [0.05, 0.1) is 11.7 Å². The lowest BCUT2D eigenvalue weighted by Crippen LogP contribution is -2.48. The van der Waals surface area contributed by atoms with Crippen LogP contribution in [0.4, 0.5) is 4.79 Å². The summed E-state index contributed by atoms with van der Waals surface area (Å²) >= 11 is 0. The molecule has 8 nitrogen and oxygen atoms in total. The van der Waals surface area contributed by atoms with Crippen LogP contribution in [0, 0.1) is 0 Å². The first-order chi connectivity index (χ1) is 13.4. The van der Waals surface area contributed by atoms with E-state index in [1.54, 1.807) is 53.8 Å². The average molecular weight is 405 g/mol. The van der Waals surface area contributed by atoms with E-state index in [1.807, 2.05) is 12.1 Å². The van der Waals surface area contributed by atoms with E-state index in [1.165, 1.54) is 4.90 Å². The molecule has 2 amide bonds. The number of carbonyl (C=O) groups is 3. The molecular weight excluding hydrogens is 374 g/mol. The van der Waals surface area contributed by atoms with Crippen molar-refractivity contribution in [3.8, 4) is 0 Å². The van der Waals surface area contributed by atoms with Gasteiger partial charge in [-0.05, 0) is 66.5 Å². The highest BCUT2D eigenvalue weighted by Crippen LogP contribution is 2.36. The maximum atomic E-state index is 13.0. The number of hydrogen-bond donors (Lipinski definition) is 1. The van der Waals surface area contributed by atoms with Crippen LogP contribution in [0.1, 0.15) is 66.1 Å². The molecule has 2 unspecified atom stereocenters. The summed E-state index contributed by atoms with van der Waals surface area (Å²) in [4.78, 5) is 43.5. The number of nitrogens with zero attached hydrogens (tertiary/aromatic N) is 2. The Kier molecular flexibility index (Phi) is 6.87. The number of alkyl carbamates (subject to hydrolysis) is 1. The van der Waals surface area contributed by atoms with Gasteiger partial charge < -0.3 is 19.7 Å². The molecular formula is C21H31N3O5. The number of likely N-dealkylation sites (tertiary alicyclic amines) is 1. The van der Waals surface area contributed by atoms with Crippen LogP contribution in [0.3, 0.4) is 0 Å². The van der Waals surface area contributed by atoms with Gasteiger partial charge in [-0.25, -0.2) is 9.59 Å². The summed E-state index contributed by atoms with van der Waals surface area (Å²) in [6, 6.07) is 4.37. The summed E-state index contributed by atoms with van der Waals surface area (Å²) < 4.78 is 10.7. The molecule has 1 aliphatic rings. The highest BCUT2D eigenvalue weighted by molar-refractivity contribution is 5.88. The SMILES string of the molecule is CC(C)(C)OC(=O)NCC(=O)N1C(C(=O)OC(C)(C)C)CCC1c1ccccn1. The van der Waals surface area contributed by atoms with Gasteiger partial charge in [-0.2, -0.15) is 0 Å². The summed E-state index contributed by atoms with van der Waals surface area (Å²) in [6.45, 7) is 10.3. The van der Waals surface area contributed by atoms with E-state index >= 15 is 0 Å². The van der Waals surface area contributed by atoms with Crippen LogP contribution in [0.5, 0.6) is 0 Å². The topological polar surface area (TPSA) is 97.8 Å². The molecule has 0 aliphatic carbocycles. The van der Waals surface area contributed by atoms with Crippen LogP contribution in [-0.2, 0) is 19.1 Å². The molecule has 0 aromatic carbocycles. The minimum absolute atomic E-state index is 0.280. The second-order valence-corrected chi connectivity index (χ2v) is 9.05. The minimum atomic E-state index is -0.728. The lowest BCUT2D eigenvalue weighted by atomic mass is 10.1. The molecule has 160 valence electrons. The third-order valence-electron chi connectivity index (χ3n) is 4.16. The lowest BCUT2D eigenvalue weighted by Gasteiger charge is -2.31. The molecule has 1 aromatic heterocycles. The Bertz CT molecular complexity index is 737. The summed E-state index contributed by atoms with van der Waals surface area (Å²) in [5, 5.41) is 2.47. The van der Waals surface area contributed by atoms with Crippen molar-refractivity contribution in [1.82, 2.24) is 15.2 Å². The quantitative estimate of drug-likeness (QED) is 0.774. The number of aromatic nitrogens is 1. The number of ether oxygens (including phenoxy) is 2. The van der Waals surface area contributed by atoms with Crippen LogP contribution >= 0.6 is 0 Å². The molecule has 2 heterocycles. The molecule has 1 aliphatic heterocycles. The van der Waals surface area contributed by atoms with Gasteiger partial charge in [-0.1, -0.05) is 6.07 Å². The Balaban J connectivity index is 2.17. The van der Waals surface area contributed by atoms with Crippen molar-refractivity contribution in [2.75, 3.05) is 6.54 Å². The van der Waals surface area contributed by atoms with Crippen LogP contribution in [0.25, 0.3) is 0 Å². The van der Waals surface area contributed by atoms with Gasteiger partial charge in [0.1, 0.15) is 23.8 Å². The standard InChI is InChI=1S/C21H31N3O5/c1-20(2,3)28-18(26)16-11-10-15(14-9-7-8-12-22-14)24(16)17(25)13-23-19(27)29-21(4,5)6/h7-9,12,15-16H,10-11,13H2,1-6H3,(H,23,27). The zero-order valence-electron chi connectivity index (χ0n) is 18.0. The summed E-state index contributed by atoms with van der Waals surface area (Å²) in [5.74, 6) is -0.846. The van der Waals surface area contributed by atoms with Crippen molar-refractivity contribution < 1.29 is 23.9 Å². The van der Waals surface area contributed by atoms with E-state index in [4.69, 9.17) is 9.47 Å². The Hall–Kier alpha value is -2.64. The van der Waals surface area contributed by atoms with Crippen molar-refractivity contribution in [2.45, 2.75) is 77.7 Å². The molecule has 0 bridgehead atoms. The first-order valence-corrected chi connectivity index (χ1v) is 9.79. The predicted molar refractivity (Wildman–Crippen MR) is 107 cm³/mol. The summed E-state index contributed by atoms with van der Waals surface area (Å²) in [5.41, 5.74) is -0.635. The fourth-order valence-corrected chi connectivity index (χ4v) is 3.18. The van der Waals surface area contributed by atoms with Crippen molar-refractivity contribution in [1.29, 1.82) is 0 Å². The average Bonchev–Trinajstić information content (AvgIpc) is 3.03. The van der Waals surface area contributed by atoms with Gasteiger partial charge in [-0.3, -0.25) is 9.78 Å². The van der Waals surface area contributed by atoms with E-state index in [2.05, 4.69) is 10.3 Å². The second-order valence-electron chi connectivity index (χ2n) is 9.05. The molecule has 0 radical (unpaired) electrons. The number of amides is 2. The molecule has 29 heavy (non-hydrogen) atoms. The van der Waals surface area contributed by atoms with Crippen molar-refractivity contribution in [3.63, 3.8) is 0 Å². The predicted octanol–water partition coefficient (Wildman–Crippen LogP) is 2.98. The van der Waals surface area contributed by atoms with Gasteiger partial charge in [0.25, 0.3) is 0 Å². The zero-order valence-corrected chi connectivity index (χ0v) is 18.0. The maximum Gasteiger partial charge on any atom is 0.408 e. The molecule has 1 aromatic rings. The third-order valence-corrected chi connectivity index (χ3v) is 4.16. The van der Waals surface area contributed by atoms with E-state index in [9.17, 15) is 14.4 Å². The van der Waals surface area contributed by atoms with Crippen molar-refractivity contribution in [3.05, 3.63) is 30.1 Å². The number of hydrogen-bond acceptors (Lipinski definition) is 6. The monoisotopic (exact) mass is 405 g/mol. The molecule has 8 heteroatoms. The Morgan fingerprint density at radius 1 is 1.07 bits per heavy atom. The van der Waals surface area contributed by atoms with Gasteiger partial charge in [-0.15, -0.1) is 0 Å². The molecule has 2 rings (SSSR count). The second kappa shape index (κ2) is 8.80. The van der Waals surface area contributed by atoms with Gasteiger partial charge in [0.15, 0.2) is 0 Å². The number of rotatable bonds is 4. The van der Waals surface area contributed by atoms with Gasteiger partial charge in [0.2, 0.25) is 5.91 Å². The number of nitrogens with one attached hydrogen (secondary N) is 1. The van der Waals surface area contributed by atoms with Gasteiger partial charge in [0, 0.05) is 6.20 Å². The van der Waals surface area contributed by atoms with Crippen LogP contribution in [0.15, 0.2) is 24.4 Å². The fraction of sp³-hybridized carbons (Fsp3) is 0.619. The number of pyridine rings is 1. The van der Waals surface area contributed by atoms with Crippen LogP contribution < -0.4 is 5.32 Å². The maximum absolute atomic E-state index is 13.0. The van der Waals surface area contributed by atoms with Crippen LogP contribution in [-0.4, -0.2) is 51.6 Å². The van der Waals surface area contributed by atoms with Crippen LogP contribution in [0.2, 0.25) is 0 Å². The highest BCUT2D eigenvalue weighted by Gasteiger charge is 2.43. The first-order valence-electron chi connectivity index (χ1n) is 9.79. The summed E-state index contributed by atoms with van der Waals surface area (Å²) in [7, 11) is 0.